The molecular formula is C43H38Cl2O6S2. The van der Waals surface area contributed by atoms with Gasteiger partial charge < -0.3 is 9.47 Å². The maximum Gasteiger partial charge on any atom is 0.206 e. The highest BCUT2D eigenvalue weighted by Gasteiger charge is 2.26. The van der Waals surface area contributed by atoms with Crippen molar-refractivity contribution in [3.63, 3.8) is 0 Å². The third-order valence-electron chi connectivity index (χ3n) is 9.20. The van der Waals surface area contributed by atoms with Crippen LogP contribution in [0.25, 0.3) is 11.1 Å². The Kier molecular flexibility index (Phi) is 10.8. The molecule has 0 saturated carbocycles. The molecule has 6 aromatic carbocycles. The Labute approximate surface area is 321 Å². The number of benzene rings is 6. The van der Waals surface area contributed by atoms with Crippen LogP contribution in [0.2, 0.25) is 5.02 Å². The standard InChI is InChI=1S/C43H38Cl2O6S2/c1-5-43(4,45)33-12-24-39(25-13-33)53(48,49)41-28-20-36(21-29-41)50-35-16-6-30(7-17-35)31-8-18-37(19-9-31)51-42(2,3)32-10-22-38(23-11-32)52(46,47)40-26-14-34(44)15-27-40/h6-29H,5H2,1-4H3. The number of alkyl halides is 1. The van der Waals surface area contributed by atoms with E-state index in [0.717, 1.165) is 28.7 Å². The molecule has 0 aliphatic rings. The van der Waals surface area contributed by atoms with E-state index in [-0.39, 0.29) is 19.6 Å². The fourth-order valence-corrected chi connectivity index (χ4v) is 8.49. The lowest BCUT2D eigenvalue weighted by molar-refractivity contribution is 0.109. The molecule has 0 N–H and O–H groups in total. The fourth-order valence-electron chi connectivity index (χ4n) is 5.71. The number of sulfone groups is 2. The molecule has 0 heterocycles. The van der Waals surface area contributed by atoms with Gasteiger partial charge in [0.25, 0.3) is 0 Å². The van der Waals surface area contributed by atoms with Gasteiger partial charge in [-0.05, 0) is 147 Å². The summed E-state index contributed by atoms with van der Waals surface area (Å²) in [5.74, 6) is 1.78. The number of halogens is 2. The van der Waals surface area contributed by atoms with Crippen LogP contribution < -0.4 is 9.47 Å². The summed E-state index contributed by atoms with van der Waals surface area (Å²) in [5, 5.41) is 0.470. The van der Waals surface area contributed by atoms with Crippen molar-refractivity contribution in [3.05, 3.63) is 162 Å². The summed E-state index contributed by atoms with van der Waals surface area (Å²) in [4.78, 5) is 0.192. The molecule has 6 rings (SSSR count). The molecule has 53 heavy (non-hydrogen) atoms. The van der Waals surface area contributed by atoms with Gasteiger partial charge in [0.2, 0.25) is 19.7 Å². The Bertz CT molecular complexity index is 2410. The van der Waals surface area contributed by atoms with E-state index in [2.05, 4.69) is 0 Å². The van der Waals surface area contributed by atoms with E-state index in [1.165, 1.54) is 24.3 Å². The van der Waals surface area contributed by atoms with Gasteiger partial charge in [-0.2, -0.15) is 0 Å². The van der Waals surface area contributed by atoms with Crippen molar-refractivity contribution < 1.29 is 26.3 Å². The number of hydrogen-bond acceptors (Lipinski definition) is 6. The van der Waals surface area contributed by atoms with Crippen LogP contribution in [0.15, 0.2) is 165 Å². The first-order valence-corrected chi connectivity index (χ1v) is 20.6. The summed E-state index contributed by atoms with van der Waals surface area (Å²) in [6.07, 6.45) is 0.720. The van der Waals surface area contributed by atoms with Crippen LogP contribution in [-0.2, 0) is 30.1 Å². The van der Waals surface area contributed by atoms with Crippen molar-refractivity contribution >= 4 is 42.9 Å². The van der Waals surface area contributed by atoms with Gasteiger partial charge in [0.15, 0.2) is 0 Å². The van der Waals surface area contributed by atoms with E-state index in [1.54, 1.807) is 72.8 Å². The monoisotopic (exact) mass is 784 g/mol. The predicted octanol–water partition coefficient (Wildman–Crippen LogP) is 11.6. The van der Waals surface area contributed by atoms with Crippen molar-refractivity contribution in [2.24, 2.45) is 0 Å². The molecule has 0 spiro atoms. The number of rotatable bonds is 12. The highest BCUT2D eigenvalue weighted by molar-refractivity contribution is 7.91. The summed E-state index contributed by atoms with van der Waals surface area (Å²) in [6.45, 7) is 7.75. The second kappa shape index (κ2) is 15.0. The minimum atomic E-state index is -3.71. The number of ether oxygens (including phenoxy) is 2. The second-order valence-electron chi connectivity index (χ2n) is 13.3. The van der Waals surface area contributed by atoms with Crippen molar-refractivity contribution in [1.82, 2.24) is 0 Å². The Hall–Kier alpha value is -4.60. The molecule has 0 aliphatic heterocycles. The maximum atomic E-state index is 13.2. The molecule has 6 nitrogen and oxygen atoms in total. The molecular weight excluding hydrogens is 748 g/mol. The van der Waals surface area contributed by atoms with E-state index in [1.807, 2.05) is 76.2 Å². The molecule has 6 aromatic rings. The van der Waals surface area contributed by atoms with E-state index in [9.17, 15) is 16.8 Å². The third kappa shape index (κ3) is 8.47. The van der Waals surface area contributed by atoms with Gasteiger partial charge in [-0.3, -0.25) is 0 Å². The van der Waals surface area contributed by atoms with E-state index in [0.29, 0.717) is 22.3 Å². The fraction of sp³-hybridized carbons (Fsp3) is 0.163. The molecule has 1 atom stereocenters. The van der Waals surface area contributed by atoms with Gasteiger partial charge in [-0.15, -0.1) is 11.6 Å². The zero-order chi connectivity index (χ0) is 38.0. The average Bonchev–Trinajstić information content (AvgIpc) is 3.16. The first-order valence-electron chi connectivity index (χ1n) is 16.9. The van der Waals surface area contributed by atoms with Crippen molar-refractivity contribution in [3.8, 4) is 28.4 Å². The molecule has 0 radical (unpaired) electrons. The van der Waals surface area contributed by atoms with Gasteiger partial charge in [0, 0.05) is 5.02 Å². The Morgan fingerprint density at radius 3 is 1.25 bits per heavy atom. The highest BCUT2D eigenvalue weighted by atomic mass is 35.5. The summed E-state index contributed by atoms with van der Waals surface area (Å²) >= 11 is 12.5. The van der Waals surface area contributed by atoms with E-state index in [4.69, 9.17) is 32.7 Å². The molecule has 0 amide bonds. The van der Waals surface area contributed by atoms with Crippen LogP contribution in [0.5, 0.6) is 17.2 Å². The first kappa shape index (κ1) is 38.1. The third-order valence-corrected chi connectivity index (χ3v) is 13.5. The topological polar surface area (TPSA) is 86.7 Å². The quantitative estimate of drug-likeness (QED) is 0.115. The minimum absolute atomic E-state index is 0.173. The Balaban J connectivity index is 1.07. The Morgan fingerprint density at radius 2 is 0.830 bits per heavy atom. The zero-order valence-electron chi connectivity index (χ0n) is 29.6. The lowest BCUT2D eigenvalue weighted by atomic mass is 9.98. The second-order valence-corrected chi connectivity index (χ2v) is 18.5. The molecule has 0 bridgehead atoms. The molecule has 0 fully saturated rings. The normalized spacial score (nSPS) is 13.2. The number of hydrogen-bond donors (Lipinski definition) is 0. The van der Waals surface area contributed by atoms with Gasteiger partial charge in [0.1, 0.15) is 22.8 Å². The smallest absolute Gasteiger partial charge is 0.206 e. The van der Waals surface area contributed by atoms with Gasteiger partial charge in [-0.1, -0.05) is 67.1 Å². The maximum absolute atomic E-state index is 13.2. The van der Waals surface area contributed by atoms with Crippen LogP contribution in [0.4, 0.5) is 0 Å². The lowest BCUT2D eigenvalue weighted by Crippen LogP contribution is -2.25. The van der Waals surface area contributed by atoms with Crippen LogP contribution in [0.3, 0.4) is 0 Å². The van der Waals surface area contributed by atoms with Crippen LogP contribution in [-0.4, -0.2) is 16.8 Å². The van der Waals surface area contributed by atoms with Gasteiger partial charge in [-0.25, -0.2) is 16.8 Å². The predicted molar refractivity (Wildman–Crippen MR) is 211 cm³/mol. The van der Waals surface area contributed by atoms with Crippen molar-refractivity contribution in [2.75, 3.05) is 0 Å². The summed E-state index contributed by atoms with van der Waals surface area (Å²) < 4.78 is 65.0. The molecule has 0 aliphatic carbocycles. The minimum Gasteiger partial charge on any atom is -0.483 e. The first-order chi connectivity index (χ1) is 25.1. The van der Waals surface area contributed by atoms with Crippen molar-refractivity contribution in [1.29, 1.82) is 0 Å². The van der Waals surface area contributed by atoms with Crippen LogP contribution in [0.1, 0.15) is 45.2 Å². The molecule has 1 unspecified atom stereocenters. The Morgan fingerprint density at radius 1 is 0.491 bits per heavy atom. The van der Waals surface area contributed by atoms with Gasteiger partial charge >= 0.3 is 0 Å². The lowest BCUT2D eigenvalue weighted by Gasteiger charge is -2.27. The summed E-state index contributed by atoms with van der Waals surface area (Å²) in [5.41, 5.74) is 2.90. The summed E-state index contributed by atoms with van der Waals surface area (Å²) in [6, 6.07) is 41.2. The van der Waals surface area contributed by atoms with E-state index < -0.39 is 30.1 Å². The zero-order valence-corrected chi connectivity index (χ0v) is 32.7. The van der Waals surface area contributed by atoms with Crippen LogP contribution in [0, 0.1) is 0 Å². The highest BCUT2D eigenvalue weighted by Crippen LogP contribution is 2.35. The molecule has 0 aromatic heterocycles. The molecule has 0 saturated heterocycles. The van der Waals surface area contributed by atoms with Gasteiger partial charge in [0.05, 0.1) is 24.5 Å². The largest absolute Gasteiger partial charge is 0.483 e. The molecule has 10 heteroatoms. The SMILES string of the molecule is CCC(C)(Cl)c1ccc(S(=O)(=O)c2ccc(Oc3ccc(-c4ccc(OC(C)(C)c5ccc(S(=O)(=O)c6ccc(Cl)cc6)cc5)cc4)cc3)cc2)cc1. The van der Waals surface area contributed by atoms with E-state index >= 15 is 0 Å². The summed E-state index contributed by atoms with van der Waals surface area (Å²) in [7, 11) is -7.39. The molecule has 272 valence electrons. The average molecular weight is 786 g/mol. The van der Waals surface area contributed by atoms with Crippen molar-refractivity contribution in [2.45, 2.75) is 64.2 Å². The van der Waals surface area contributed by atoms with Crippen LogP contribution >= 0.6 is 23.2 Å².